The van der Waals surface area contributed by atoms with E-state index in [4.69, 9.17) is 0 Å². The molecule has 0 radical (unpaired) electrons. The van der Waals surface area contributed by atoms with E-state index in [-0.39, 0.29) is 0 Å². The van der Waals surface area contributed by atoms with Gasteiger partial charge in [-0.05, 0) is 24.1 Å². The van der Waals surface area contributed by atoms with Crippen LogP contribution in [0.25, 0.3) is 0 Å². The van der Waals surface area contributed by atoms with Crippen LogP contribution in [0.2, 0.25) is 0 Å². The Morgan fingerprint density at radius 3 is 2.38 bits per heavy atom. The minimum atomic E-state index is -2.01. The fraction of sp³-hybridized carbons (Fsp3) is 0.133. The van der Waals surface area contributed by atoms with Crippen LogP contribution in [0.4, 0.5) is 23.2 Å². The number of amides is 1. The van der Waals surface area contributed by atoms with Crippen molar-refractivity contribution < 1.29 is 22.4 Å². The third kappa shape index (κ3) is 2.89. The minimum Gasteiger partial charge on any atom is -0.322 e. The molecule has 2 rings (SSSR count). The highest BCUT2D eigenvalue weighted by atomic mass is 19.2. The normalized spacial score (nSPS) is 10.5. The van der Waals surface area contributed by atoms with Crippen LogP contribution >= 0.6 is 0 Å². The average Bonchev–Trinajstić information content (AvgIpc) is 2.49. The number of para-hydroxylation sites is 1. The van der Waals surface area contributed by atoms with Gasteiger partial charge in [-0.1, -0.05) is 25.1 Å². The van der Waals surface area contributed by atoms with Crippen molar-refractivity contribution in [2.24, 2.45) is 0 Å². The molecule has 0 bridgehead atoms. The van der Waals surface area contributed by atoms with E-state index in [9.17, 15) is 22.4 Å². The monoisotopic (exact) mass is 297 g/mol. The first kappa shape index (κ1) is 15.0. The van der Waals surface area contributed by atoms with Gasteiger partial charge in [0.1, 0.15) is 0 Å². The van der Waals surface area contributed by atoms with Crippen molar-refractivity contribution >= 4 is 11.6 Å². The molecular weight excluding hydrogens is 286 g/mol. The van der Waals surface area contributed by atoms with Crippen LogP contribution in [0.5, 0.6) is 0 Å². The van der Waals surface area contributed by atoms with Crippen LogP contribution in [0.1, 0.15) is 22.8 Å². The molecule has 0 saturated heterocycles. The largest absolute Gasteiger partial charge is 0.322 e. The highest BCUT2D eigenvalue weighted by molar-refractivity contribution is 6.04. The number of benzene rings is 2. The van der Waals surface area contributed by atoms with Crippen molar-refractivity contribution in [2.75, 3.05) is 5.32 Å². The molecule has 110 valence electrons. The van der Waals surface area contributed by atoms with Crippen molar-refractivity contribution in [2.45, 2.75) is 13.3 Å². The molecule has 0 spiro atoms. The number of hydrogen-bond donors (Lipinski definition) is 1. The first-order chi connectivity index (χ1) is 9.95. The maximum atomic E-state index is 13.5. The first-order valence-electron chi connectivity index (χ1n) is 6.18. The molecule has 1 amide bonds. The van der Waals surface area contributed by atoms with Gasteiger partial charge >= 0.3 is 0 Å². The number of rotatable bonds is 3. The van der Waals surface area contributed by atoms with Gasteiger partial charge in [0.2, 0.25) is 0 Å². The Bertz CT molecular complexity index is 700. The molecule has 0 aliphatic carbocycles. The maximum absolute atomic E-state index is 13.5. The molecule has 2 nitrogen and oxygen atoms in total. The first-order valence-corrected chi connectivity index (χ1v) is 6.18. The smallest absolute Gasteiger partial charge is 0.258 e. The van der Waals surface area contributed by atoms with Gasteiger partial charge in [-0.25, -0.2) is 17.6 Å². The summed E-state index contributed by atoms with van der Waals surface area (Å²) >= 11 is 0. The predicted octanol–water partition coefficient (Wildman–Crippen LogP) is 4.06. The Hall–Kier alpha value is -2.37. The van der Waals surface area contributed by atoms with Gasteiger partial charge in [-0.15, -0.1) is 0 Å². The van der Waals surface area contributed by atoms with Crippen LogP contribution in [0.3, 0.4) is 0 Å². The molecule has 0 heterocycles. The molecule has 0 saturated carbocycles. The van der Waals surface area contributed by atoms with E-state index in [1.165, 1.54) is 0 Å². The standard InChI is InChI=1S/C15H11F4NO/c1-2-8-5-3-4-6-11(8)20-15(21)9-7-10(16)13(18)14(19)12(9)17/h3-7H,2H2,1H3,(H,20,21). The molecule has 0 aliphatic rings. The lowest BCUT2D eigenvalue weighted by Gasteiger charge is -2.10. The zero-order valence-corrected chi connectivity index (χ0v) is 11.0. The minimum absolute atomic E-state index is 0.331. The van der Waals surface area contributed by atoms with Gasteiger partial charge in [-0.2, -0.15) is 0 Å². The molecule has 1 N–H and O–H groups in total. The number of hydrogen-bond acceptors (Lipinski definition) is 1. The van der Waals surface area contributed by atoms with Crippen molar-refractivity contribution in [3.8, 4) is 0 Å². The van der Waals surface area contributed by atoms with E-state index in [0.717, 1.165) is 5.56 Å². The van der Waals surface area contributed by atoms with Crippen molar-refractivity contribution in [1.82, 2.24) is 0 Å². The van der Waals surface area contributed by atoms with Crippen molar-refractivity contribution in [1.29, 1.82) is 0 Å². The van der Waals surface area contributed by atoms with Gasteiger partial charge in [-0.3, -0.25) is 4.79 Å². The third-order valence-electron chi connectivity index (χ3n) is 2.99. The Kier molecular flexibility index (Phi) is 4.26. The Balaban J connectivity index is 2.38. The molecular formula is C15H11F4NO. The highest BCUT2D eigenvalue weighted by Crippen LogP contribution is 2.21. The second-order valence-electron chi connectivity index (χ2n) is 4.31. The van der Waals surface area contributed by atoms with Crippen LogP contribution in [-0.2, 0) is 6.42 Å². The molecule has 0 aliphatic heterocycles. The van der Waals surface area contributed by atoms with Crippen LogP contribution < -0.4 is 5.32 Å². The molecule has 0 atom stereocenters. The van der Waals surface area contributed by atoms with Crippen LogP contribution in [0.15, 0.2) is 30.3 Å². The topological polar surface area (TPSA) is 29.1 Å². The Labute approximate surface area is 118 Å². The number of aryl methyl sites for hydroxylation is 1. The zero-order valence-electron chi connectivity index (χ0n) is 11.0. The fourth-order valence-electron chi connectivity index (χ4n) is 1.88. The fourth-order valence-corrected chi connectivity index (χ4v) is 1.88. The molecule has 2 aromatic carbocycles. The van der Waals surface area contributed by atoms with E-state index in [2.05, 4.69) is 5.32 Å². The Morgan fingerprint density at radius 2 is 1.71 bits per heavy atom. The average molecular weight is 297 g/mol. The molecule has 0 fully saturated rings. The van der Waals surface area contributed by atoms with Gasteiger partial charge < -0.3 is 5.32 Å². The number of nitrogens with one attached hydrogen (secondary N) is 1. The summed E-state index contributed by atoms with van der Waals surface area (Å²) in [5.74, 6) is -8.35. The number of carbonyl (C=O) groups is 1. The van der Waals surface area contributed by atoms with E-state index >= 15 is 0 Å². The van der Waals surface area contributed by atoms with Crippen LogP contribution in [0, 0.1) is 23.3 Å². The second-order valence-corrected chi connectivity index (χ2v) is 4.31. The number of anilines is 1. The van der Waals surface area contributed by atoms with Gasteiger partial charge in [0.25, 0.3) is 5.91 Å². The summed E-state index contributed by atoms with van der Waals surface area (Å²) in [6.07, 6.45) is 0.602. The predicted molar refractivity (Wildman–Crippen MR) is 70.0 cm³/mol. The number of halogens is 4. The summed E-state index contributed by atoms with van der Waals surface area (Å²) < 4.78 is 52.6. The summed E-state index contributed by atoms with van der Waals surface area (Å²) in [5, 5.41) is 2.36. The number of carbonyl (C=O) groups excluding carboxylic acids is 1. The van der Waals surface area contributed by atoms with E-state index in [1.54, 1.807) is 24.3 Å². The maximum Gasteiger partial charge on any atom is 0.258 e. The van der Waals surface area contributed by atoms with E-state index < -0.39 is 34.7 Å². The second kappa shape index (κ2) is 5.95. The summed E-state index contributed by atoms with van der Waals surface area (Å²) in [5.41, 5.74) is 0.279. The van der Waals surface area contributed by atoms with Crippen LogP contribution in [-0.4, -0.2) is 5.91 Å². The SMILES string of the molecule is CCc1ccccc1NC(=O)c1cc(F)c(F)c(F)c1F. The molecule has 0 aromatic heterocycles. The Morgan fingerprint density at radius 1 is 1.05 bits per heavy atom. The van der Waals surface area contributed by atoms with Gasteiger partial charge in [0.05, 0.1) is 5.56 Å². The molecule has 0 unspecified atom stereocenters. The van der Waals surface area contributed by atoms with E-state index in [1.807, 2.05) is 6.92 Å². The van der Waals surface area contributed by atoms with E-state index in [0.29, 0.717) is 18.2 Å². The van der Waals surface area contributed by atoms with Crippen molar-refractivity contribution in [3.05, 3.63) is 64.7 Å². The van der Waals surface area contributed by atoms with Gasteiger partial charge in [0.15, 0.2) is 23.3 Å². The summed E-state index contributed by atoms with van der Waals surface area (Å²) in [6, 6.07) is 7.06. The van der Waals surface area contributed by atoms with Crippen molar-refractivity contribution in [3.63, 3.8) is 0 Å². The lowest BCUT2D eigenvalue weighted by Crippen LogP contribution is -2.17. The zero-order chi connectivity index (χ0) is 15.6. The summed E-state index contributed by atoms with van der Waals surface area (Å²) in [6.45, 7) is 1.85. The quantitative estimate of drug-likeness (QED) is 0.517. The molecule has 21 heavy (non-hydrogen) atoms. The lowest BCUT2D eigenvalue weighted by molar-refractivity contribution is 0.102. The van der Waals surface area contributed by atoms with Gasteiger partial charge in [0, 0.05) is 5.69 Å². The molecule has 2 aromatic rings. The molecule has 6 heteroatoms. The summed E-state index contributed by atoms with van der Waals surface area (Å²) in [4.78, 5) is 11.9. The third-order valence-corrected chi connectivity index (χ3v) is 2.99. The lowest BCUT2D eigenvalue weighted by atomic mass is 10.1. The highest BCUT2D eigenvalue weighted by Gasteiger charge is 2.23. The summed E-state index contributed by atoms with van der Waals surface area (Å²) in [7, 11) is 0.